The fourth-order valence-corrected chi connectivity index (χ4v) is 2.72. The summed E-state index contributed by atoms with van der Waals surface area (Å²) in [6, 6.07) is 22.2. The fraction of sp³-hybridized carbons (Fsp3) is 0.136. The largest absolute Gasteiger partial charge is 0.490 e. The average Bonchev–Trinajstić information content (AvgIpc) is 2.66. The zero-order chi connectivity index (χ0) is 17.5. The second-order valence-corrected chi connectivity index (χ2v) is 5.53. The summed E-state index contributed by atoms with van der Waals surface area (Å²) in [6.45, 7) is 2.96. The van der Waals surface area contributed by atoms with Gasteiger partial charge < -0.3 is 9.47 Å². The maximum Gasteiger partial charge on any atom is 0.161 e. The van der Waals surface area contributed by atoms with Crippen LogP contribution in [0.1, 0.15) is 18.1 Å². The molecule has 0 radical (unpaired) electrons. The Morgan fingerprint density at radius 2 is 1.80 bits per heavy atom. The van der Waals surface area contributed by atoms with Crippen molar-refractivity contribution in [2.75, 3.05) is 6.61 Å². The highest BCUT2D eigenvalue weighted by atomic mass is 16.5. The molecule has 124 valence electrons. The van der Waals surface area contributed by atoms with E-state index in [0.717, 1.165) is 11.1 Å². The van der Waals surface area contributed by atoms with Gasteiger partial charge in [0, 0.05) is 6.08 Å². The summed E-state index contributed by atoms with van der Waals surface area (Å²) in [5, 5.41) is 11.0. The maximum atomic E-state index is 8.66. The Morgan fingerprint density at radius 1 is 0.960 bits per heavy atom. The zero-order valence-corrected chi connectivity index (χ0v) is 14.1. The number of rotatable bonds is 6. The van der Waals surface area contributed by atoms with Crippen molar-refractivity contribution in [2.45, 2.75) is 13.5 Å². The molecule has 3 rings (SSSR count). The van der Waals surface area contributed by atoms with E-state index in [-0.39, 0.29) is 0 Å². The minimum absolute atomic E-state index is 0.467. The van der Waals surface area contributed by atoms with Crippen molar-refractivity contribution in [3.8, 4) is 17.6 Å². The predicted molar refractivity (Wildman–Crippen MR) is 101 cm³/mol. The van der Waals surface area contributed by atoms with Crippen molar-refractivity contribution in [3.05, 3.63) is 77.9 Å². The summed E-state index contributed by atoms with van der Waals surface area (Å²) in [6.07, 6.45) is 3.19. The second-order valence-electron chi connectivity index (χ2n) is 5.53. The van der Waals surface area contributed by atoms with Gasteiger partial charge in [0.25, 0.3) is 0 Å². The number of hydrogen-bond donors (Lipinski definition) is 0. The molecule has 0 saturated heterocycles. The Kier molecular flexibility index (Phi) is 5.33. The highest BCUT2D eigenvalue weighted by Gasteiger charge is 2.07. The highest BCUT2D eigenvalue weighted by Crippen LogP contribution is 2.30. The summed E-state index contributed by atoms with van der Waals surface area (Å²) in [5.41, 5.74) is 2.04. The molecule has 0 atom stereocenters. The van der Waals surface area contributed by atoms with E-state index < -0.39 is 0 Å². The van der Waals surface area contributed by atoms with E-state index >= 15 is 0 Å². The molecule has 0 heterocycles. The number of ether oxygens (including phenoxy) is 2. The maximum absolute atomic E-state index is 8.66. The molecular weight excluding hydrogens is 310 g/mol. The fourth-order valence-electron chi connectivity index (χ4n) is 2.72. The van der Waals surface area contributed by atoms with E-state index in [4.69, 9.17) is 14.7 Å². The van der Waals surface area contributed by atoms with Crippen molar-refractivity contribution in [1.82, 2.24) is 0 Å². The van der Waals surface area contributed by atoms with Crippen LogP contribution in [0.2, 0.25) is 0 Å². The molecule has 0 aliphatic heterocycles. The minimum atomic E-state index is 0.467. The Bertz CT molecular complexity index is 933. The molecule has 3 aromatic rings. The van der Waals surface area contributed by atoms with Crippen molar-refractivity contribution in [1.29, 1.82) is 5.26 Å². The molecule has 0 aliphatic carbocycles. The quantitative estimate of drug-likeness (QED) is 0.572. The van der Waals surface area contributed by atoms with Crippen molar-refractivity contribution in [3.63, 3.8) is 0 Å². The van der Waals surface area contributed by atoms with Gasteiger partial charge in [-0.05, 0) is 47.0 Å². The van der Waals surface area contributed by atoms with Gasteiger partial charge in [0.1, 0.15) is 6.61 Å². The van der Waals surface area contributed by atoms with Crippen LogP contribution < -0.4 is 9.47 Å². The summed E-state index contributed by atoms with van der Waals surface area (Å²) in [5.74, 6) is 1.38. The normalized spacial score (nSPS) is 10.7. The van der Waals surface area contributed by atoms with E-state index in [1.165, 1.54) is 16.8 Å². The van der Waals surface area contributed by atoms with Crippen LogP contribution in [0.25, 0.3) is 16.8 Å². The molecule has 3 heteroatoms. The number of nitriles is 1. The van der Waals surface area contributed by atoms with Gasteiger partial charge in [-0.3, -0.25) is 0 Å². The molecule has 0 spiro atoms. The molecule has 0 aliphatic rings. The van der Waals surface area contributed by atoms with Gasteiger partial charge in [-0.15, -0.1) is 0 Å². The first-order valence-electron chi connectivity index (χ1n) is 8.24. The topological polar surface area (TPSA) is 42.2 Å². The van der Waals surface area contributed by atoms with Gasteiger partial charge in [0.05, 0.1) is 12.7 Å². The summed E-state index contributed by atoms with van der Waals surface area (Å²) in [4.78, 5) is 0. The molecule has 0 N–H and O–H groups in total. The van der Waals surface area contributed by atoms with Gasteiger partial charge in [0.2, 0.25) is 0 Å². The van der Waals surface area contributed by atoms with Crippen LogP contribution in [0.15, 0.2) is 66.7 Å². The molecule has 3 nitrogen and oxygen atoms in total. The van der Waals surface area contributed by atoms with Gasteiger partial charge >= 0.3 is 0 Å². The van der Waals surface area contributed by atoms with Crippen molar-refractivity contribution < 1.29 is 9.47 Å². The molecule has 0 unspecified atom stereocenters. The van der Waals surface area contributed by atoms with E-state index in [0.29, 0.717) is 24.7 Å². The molecular formula is C22H19NO2. The first-order chi connectivity index (χ1) is 12.3. The lowest BCUT2D eigenvalue weighted by Gasteiger charge is -2.13. The van der Waals surface area contributed by atoms with E-state index in [2.05, 4.69) is 24.3 Å². The van der Waals surface area contributed by atoms with Crippen molar-refractivity contribution in [2.24, 2.45) is 0 Å². The summed E-state index contributed by atoms with van der Waals surface area (Å²) >= 11 is 0. The number of benzene rings is 3. The Labute approximate surface area is 147 Å². The van der Waals surface area contributed by atoms with Gasteiger partial charge in [-0.25, -0.2) is 0 Å². The summed E-state index contributed by atoms with van der Waals surface area (Å²) < 4.78 is 11.7. The lowest BCUT2D eigenvalue weighted by molar-refractivity contribution is 0.270. The molecule has 0 amide bonds. The third-order valence-corrected chi connectivity index (χ3v) is 3.88. The van der Waals surface area contributed by atoms with E-state index in [9.17, 15) is 0 Å². The average molecular weight is 329 g/mol. The van der Waals surface area contributed by atoms with Gasteiger partial charge in [-0.1, -0.05) is 48.5 Å². The number of fused-ring (bicyclic) bond motifs is 1. The van der Waals surface area contributed by atoms with Crippen LogP contribution >= 0.6 is 0 Å². The molecule has 0 saturated carbocycles. The third kappa shape index (κ3) is 3.99. The number of nitrogens with zero attached hydrogens (tertiary/aromatic N) is 1. The Morgan fingerprint density at radius 3 is 2.64 bits per heavy atom. The molecule has 0 aromatic heterocycles. The van der Waals surface area contributed by atoms with E-state index in [1.54, 1.807) is 6.08 Å². The minimum Gasteiger partial charge on any atom is -0.490 e. The third-order valence-electron chi connectivity index (χ3n) is 3.88. The van der Waals surface area contributed by atoms with Crippen LogP contribution in [-0.2, 0) is 6.61 Å². The highest BCUT2D eigenvalue weighted by molar-refractivity contribution is 5.85. The van der Waals surface area contributed by atoms with Crippen LogP contribution in [-0.4, -0.2) is 6.61 Å². The molecule has 3 aromatic carbocycles. The first kappa shape index (κ1) is 16.6. The van der Waals surface area contributed by atoms with Crippen molar-refractivity contribution >= 4 is 16.8 Å². The van der Waals surface area contributed by atoms with Crippen LogP contribution in [0.4, 0.5) is 0 Å². The zero-order valence-electron chi connectivity index (χ0n) is 14.1. The summed E-state index contributed by atoms with van der Waals surface area (Å²) in [7, 11) is 0. The van der Waals surface area contributed by atoms with Gasteiger partial charge in [0.15, 0.2) is 11.5 Å². The number of allylic oxidation sites excluding steroid dienone is 1. The van der Waals surface area contributed by atoms with Crippen LogP contribution in [0.5, 0.6) is 11.5 Å². The van der Waals surface area contributed by atoms with Crippen LogP contribution in [0, 0.1) is 11.3 Å². The lowest BCUT2D eigenvalue weighted by atomic mass is 10.1. The second kappa shape index (κ2) is 8.03. The molecule has 0 fully saturated rings. The first-order valence-corrected chi connectivity index (χ1v) is 8.24. The molecule has 25 heavy (non-hydrogen) atoms. The monoisotopic (exact) mass is 329 g/mol. The predicted octanol–water partition coefficient (Wildman–Crippen LogP) is 5.35. The molecule has 0 bridgehead atoms. The standard InChI is InChI=1S/C22H19NO2/c1-2-24-22-15-17(7-6-14-23)12-13-21(22)25-16-19-10-5-9-18-8-3-4-11-20(18)19/h3-13,15H,2,16H2,1H3. The number of hydrogen-bond acceptors (Lipinski definition) is 3. The van der Waals surface area contributed by atoms with E-state index in [1.807, 2.05) is 49.4 Å². The lowest BCUT2D eigenvalue weighted by Crippen LogP contribution is -2.00. The van der Waals surface area contributed by atoms with Gasteiger partial charge in [-0.2, -0.15) is 5.26 Å². The Hall–Kier alpha value is -3.25. The smallest absolute Gasteiger partial charge is 0.161 e. The Balaban J connectivity index is 1.84. The SMILES string of the molecule is CCOc1cc(C=CC#N)ccc1OCc1cccc2ccccc12. The van der Waals surface area contributed by atoms with Crippen LogP contribution in [0.3, 0.4) is 0 Å².